The van der Waals surface area contributed by atoms with Gasteiger partial charge in [0, 0.05) is 6.21 Å². The van der Waals surface area contributed by atoms with Crippen molar-refractivity contribution in [1.29, 1.82) is 0 Å². The summed E-state index contributed by atoms with van der Waals surface area (Å²) in [5.41, 5.74) is 0.744. The molecule has 1 aliphatic rings. The molecular formula is C14H19NO6. The second kappa shape index (κ2) is 6.97. The summed E-state index contributed by atoms with van der Waals surface area (Å²) >= 11 is 0. The highest BCUT2D eigenvalue weighted by Crippen LogP contribution is 2.22. The standard InChI is InChI=1S/C14H19NO6/c1-20-9-4-2-8(3-5-9)6-15-11-13(18)12(17)10(7-16)21-14(11)19/h2-6,10-14,16-19H,7H2,1H3/t10-,11+,12+,13-,14+/m0/s1. The number of ether oxygens (including phenoxy) is 2. The smallest absolute Gasteiger partial charge is 0.180 e. The van der Waals surface area contributed by atoms with Crippen LogP contribution in [0, 0.1) is 0 Å². The zero-order valence-corrected chi connectivity index (χ0v) is 11.5. The topological polar surface area (TPSA) is 112 Å². The molecule has 4 N–H and O–H groups in total. The van der Waals surface area contributed by atoms with Crippen molar-refractivity contribution >= 4 is 6.21 Å². The molecule has 7 heteroatoms. The number of aliphatic hydroxyl groups is 4. The lowest BCUT2D eigenvalue weighted by atomic mass is 9.97. The summed E-state index contributed by atoms with van der Waals surface area (Å²) in [5.74, 6) is 0.703. The number of nitrogens with zero attached hydrogens (tertiary/aromatic N) is 1. The van der Waals surface area contributed by atoms with Crippen LogP contribution in [0.25, 0.3) is 0 Å². The highest BCUT2D eigenvalue weighted by molar-refractivity contribution is 5.79. The van der Waals surface area contributed by atoms with Gasteiger partial charge in [0.2, 0.25) is 0 Å². The molecule has 1 aromatic carbocycles. The third-order valence-corrected chi connectivity index (χ3v) is 3.38. The molecule has 0 aliphatic carbocycles. The molecule has 1 saturated heterocycles. The summed E-state index contributed by atoms with van der Waals surface area (Å²) < 4.78 is 10.1. The number of aliphatic imine (C=N–C) groups is 1. The zero-order valence-electron chi connectivity index (χ0n) is 11.5. The van der Waals surface area contributed by atoms with Gasteiger partial charge in [-0.15, -0.1) is 0 Å². The minimum atomic E-state index is -1.39. The van der Waals surface area contributed by atoms with E-state index >= 15 is 0 Å². The number of aliphatic hydroxyl groups excluding tert-OH is 4. The van der Waals surface area contributed by atoms with E-state index in [0.29, 0.717) is 5.75 Å². The minimum absolute atomic E-state index is 0.496. The van der Waals surface area contributed by atoms with Crippen molar-refractivity contribution in [3.8, 4) is 5.75 Å². The Bertz CT molecular complexity index is 477. The average molecular weight is 297 g/mol. The molecule has 0 aromatic heterocycles. The summed E-state index contributed by atoms with van der Waals surface area (Å²) in [6.07, 6.45) is -3.58. The highest BCUT2D eigenvalue weighted by atomic mass is 16.6. The molecule has 116 valence electrons. The SMILES string of the molecule is COc1ccc(C=N[C@@H]2[C@H](O)[C@H](O)[C@H](CO)O[C@H]2O)cc1. The Morgan fingerprint density at radius 1 is 1.19 bits per heavy atom. The quantitative estimate of drug-likeness (QED) is 0.526. The predicted molar refractivity (Wildman–Crippen MR) is 74.4 cm³/mol. The largest absolute Gasteiger partial charge is 0.497 e. The van der Waals surface area contributed by atoms with Gasteiger partial charge < -0.3 is 29.9 Å². The normalized spacial score (nSPS) is 33.3. The maximum absolute atomic E-state index is 9.93. The van der Waals surface area contributed by atoms with Crippen molar-refractivity contribution in [3.63, 3.8) is 0 Å². The number of benzene rings is 1. The van der Waals surface area contributed by atoms with Crippen molar-refractivity contribution < 1.29 is 29.9 Å². The Labute approximate surface area is 122 Å². The lowest BCUT2D eigenvalue weighted by molar-refractivity contribution is -0.248. The van der Waals surface area contributed by atoms with Crippen molar-refractivity contribution in [3.05, 3.63) is 29.8 Å². The van der Waals surface area contributed by atoms with Crippen molar-refractivity contribution in [2.45, 2.75) is 30.6 Å². The maximum atomic E-state index is 9.93. The Balaban J connectivity index is 2.08. The van der Waals surface area contributed by atoms with Crippen LogP contribution in [0.4, 0.5) is 0 Å². The lowest BCUT2D eigenvalue weighted by Gasteiger charge is -2.38. The van der Waals surface area contributed by atoms with Gasteiger partial charge in [-0.25, -0.2) is 0 Å². The van der Waals surface area contributed by atoms with Gasteiger partial charge in [-0.1, -0.05) is 0 Å². The molecule has 0 radical (unpaired) electrons. The predicted octanol–water partition coefficient (Wildman–Crippen LogP) is -1.09. The molecule has 0 spiro atoms. The van der Waals surface area contributed by atoms with Gasteiger partial charge in [0.1, 0.15) is 30.1 Å². The Hall–Kier alpha value is -1.51. The summed E-state index contributed by atoms with van der Waals surface area (Å²) in [6.45, 7) is -0.496. The Kier molecular flexibility index (Phi) is 5.27. The molecule has 0 unspecified atom stereocenters. The number of rotatable bonds is 4. The van der Waals surface area contributed by atoms with Crippen molar-refractivity contribution in [2.24, 2.45) is 4.99 Å². The molecule has 0 saturated carbocycles. The molecule has 1 aliphatic heterocycles. The van der Waals surface area contributed by atoms with Crippen LogP contribution in [0.15, 0.2) is 29.3 Å². The van der Waals surface area contributed by atoms with Crippen LogP contribution >= 0.6 is 0 Å². The summed E-state index contributed by atoms with van der Waals surface area (Å²) in [5, 5.41) is 38.5. The monoisotopic (exact) mass is 297 g/mol. The van der Waals surface area contributed by atoms with Crippen LogP contribution < -0.4 is 4.74 Å². The van der Waals surface area contributed by atoms with Gasteiger partial charge in [0.15, 0.2) is 6.29 Å². The molecular weight excluding hydrogens is 278 g/mol. The van der Waals surface area contributed by atoms with E-state index in [1.54, 1.807) is 31.4 Å². The van der Waals surface area contributed by atoms with Crippen LogP contribution in [-0.4, -0.2) is 71.0 Å². The highest BCUT2D eigenvalue weighted by Gasteiger charge is 2.43. The third-order valence-electron chi connectivity index (χ3n) is 3.38. The zero-order chi connectivity index (χ0) is 15.4. The van der Waals surface area contributed by atoms with Crippen LogP contribution in [0.3, 0.4) is 0 Å². The first-order valence-corrected chi connectivity index (χ1v) is 6.54. The van der Waals surface area contributed by atoms with Gasteiger partial charge in [0.05, 0.1) is 13.7 Å². The second-order valence-electron chi connectivity index (χ2n) is 4.77. The molecule has 1 heterocycles. The summed E-state index contributed by atoms with van der Waals surface area (Å²) in [4.78, 5) is 4.06. The van der Waals surface area contributed by atoms with E-state index in [9.17, 15) is 15.3 Å². The Morgan fingerprint density at radius 2 is 1.86 bits per heavy atom. The molecule has 0 amide bonds. The number of hydrogen-bond acceptors (Lipinski definition) is 7. The second-order valence-corrected chi connectivity index (χ2v) is 4.77. The van der Waals surface area contributed by atoms with Crippen LogP contribution in [-0.2, 0) is 4.74 Å². The van der Waals surface area contributed by atoms with E-state index in [2.05, 4.69) is 4.99 Å². The third kappa shape index (κ3) is 3.58. The van der Waals surface area contributed by atoms with E-state index in [1.165, 1.54) is 6.21 Å². The maximum Gasteiger partial charge on any atom is 0.180 e. The van der Waals surface area contributed by atoms with E-state index in [4.69, 9.17) is 14.6 Å². The number of methoxy groups -OCH3 is 1. The lowest BCUT2D eigenvalue weighted by Crippen LogP contribution is -2.57. The number of hydrogen-bond donors (Lipinski definition) is 4. The molecule has 7 nitrogen and oxygen atoms in total. The first-order valence-electron chi connectivity index (χ1n) is 6.54. The molecule has 1 fully saturated rings. The fourth-order valence-electron chi connectivity index (χ4n) is 2.11. The van der Waals surface area contributed by atoms with Gasteiger partial charge in [-0.05, 0) is 29.8 Å². The van der Waals surface area contributed by atoms with Crippen molar-refractivity contribution in [1.82, 2.24) is 0 Å². The van der Waals surface area contributed by atoms with Gasteiger partial charge in [-0.2, -0.15) is 0 Å². The van der Waals surface area contributed by atoms with Crippen LogP contribution in [0.5, 0.6) is 5.75 Å². The molecule has 0 bridgehead atoms. The molecule has 5 atom stereocenters. The fraction of sp³-hybridized carbons (Fsp3) is 0.500. The minimum Gasteiger partial charge on any atom is -0.497 e. The van der Waals surface area contributed by atoms with E-state index in [-0.39, 0.29) is 0 Å². The van der Waals surface area contributed by atoms with E-state index in [0.717, 1.165) is 5.56 Å². The van der Waals surface area contributed by atoms with Gasteiger partial charge in [0.25, 0.3) is 0 Å². The van der Waals surface area contributed by atoms with Crippen molar-refractivity contribution in [2.75, 3.05) is 13.7 Å². The van der Waals surface area contributed by atoms with Crippen LogP contribution in [0.1, 0.15) is 5.56 Å². The van der Waals surface area contributed by atoms with E-state index < -0.39 is 37.3 Å². The summed E-state index contributed by atoms with van der Waals surface area (Å²) in [7, 11) is 1.56. The molecule has 21 heavy (non-hydrogen) atoms. The fourth-order valence-corrected chi connectivity index (χ4v) is 2.11. The first-order chi connectivity index (χ1) is 10.1. The summed E-state index contributed by atoms with van der Waals surface area (Å²) in [6, 6.07) is 6.00. The van der Waals surface area contributed by atoms with Gasteiger partial charge in [-0.3, -0.25) is 4.99 Å². The van der Waals surface area contributed by atoms with Crippen LogP contribution in [0.2, 0.25) is 0 Å². The molecule has 2 rings (SSSR count). The van der Waals surface area contributed by atoms with E-state index in [1.807, 2.05) is 0 Å². The first kappa shape index (κ1) is 15.9. The average Bonchev–Trinajstić information content (AvgIpc) is 2.51. The van der Waals surface area contributed by atoms with Gasteiger partial charge >= 0.3 is 0 Å². The molecule has 1 aromatic rings. The Morgan fingerprint density at radius 3 is 2.43 bits per heavy atom.